The van der Waals surface area contributed by atoms with Crippen LogP contribution in [0.2, 0.25) is 0 Å². The molecule has 0 aromatic rings. The van der Waals surface area contributed by atoms with Crippen molar-refractivity contribution in [3.63, 3.8) is 0 Å². The Morgan fingerprint density at radius 1 is 0.625 bits per heavy atom. The van der Waals surface area contributed by atoms with E-state index in [-0.39, 0.29) is 5.91 Å². The summed E-state index contributed by atoms with van der Waals surface area (Å²) in [4.78, 5) is 10.6. The van der Waals surface area contributed by atoms with Crippen molar-refractivity contribution in [2.45, 2.75) is 122 Å². The van der Waals surface area contributed by atoms with E-state index in [4.69, 9.17) is 5.73 Å². The summed E-state index contributed by atoms with van der Waals surface area (Å²) in [5.74, 6) is -0.159. The van der Waals surface area contributed by atoms with Gasteiger partial charge >= 0.3 is 0 Å². The SMILES string of the molecule is CCCCCCCCCCC=CCCCCCCCCCC(N)=O. The second-order valence-electron chi connectivity index (χ2n) is 7.21. The minimum absolute atomic E-state index is 0.159. The van der Waals surface area contributed by atoms with Crippen molar-refractivity contribution in [1.82, 2.24) is 0 Å². The summed E-state index contributed by atoms with van der Waals surface area (Å²) < 4.78 is 0. The topological polar surface area (TPSA) is 43.1 Å². The average Bonchev–Trinajstić information content (AvgIpc) is 2.56. The van der Waals surface area contributed by atoms with Gasteiger partial charge in [-0.3, -0.25) is 4.79 Å². The van der Waals surface area contributed by atoms with E-state index in [1.165, 1.54) is 96.3 Å². The summed E-state index contributed by atoms with van der Waals surface area (Å²) in [6.07, 6.45) is 27.8. The van der Waals surface area contributed by atoms with Crippen molar-refractivity contribution in [3.8, 4) is 0 Å². The fourth-order valence-electron chi connectivity index (χ4n) is 3.08. The standard InChI is InChI=1S/C22H43NO/c1-2-3-4-5-6-7-8-9-10-11-12-13-14-15-16-17-18-19-20-21-22(23)24/h11-12H,2-10,13-21H2,1H3,(H2,23,24). The molecule has 2 nitrogen and oxygen atoms in total. The van der Waals surface area contributed by atoms with E-state index in [0.29, 0.717) is 6.42 Å². The maximum atomic E-state index is 10.6. The molecule has 0 saturated carbocycles. The molecule has 0 aromatic carbocycles. The average molecular weight is 338 g/mol. The third-order valence-corrected chi connectivity index (χ3v) is 4.68. The summed E-state index contributed by atoms with van der Waals surface area (Å²) in [5, 5.41) is 0. The fraction of sp³-hybridized carbons (Fsp3) is 0.864. The number of allylic oxidation sites excluding steroid dienone is 2. The van der Waals surface area contributed by atoms with E-state index in [0.717, 1.165) is 12.8 Å². The molecule has 24 heavy (non-hydrogen) atoms. The molecule has 0 aromatic heterocycles. The van der Waals surface area contributed by atoms with Gasteiger partial charge in [0.1, 0.15) is 0 Å². The second kappa shape index (κ2) is 20.3. The lowest BCUT2D eigenvalue weighted by Crippen LogP contribution is -2.09. The Hall–Kier alpha value is -0.790. The van der Waals surface area contributed by atoms with E-state index in [1.807, 2.05) is 0 Å². The monoisotopic (exact) mass is 337 g/mol. The van der Waals surface area contributed by atoms with Crippen molar-refractivity contribution < 1.29 is 4.79 Å². The molecule has 2 heteroatoms. The lowest BCUT2D eigenvalue weighted by Gasteiger charge is -2.01. The molecule has 0 aliphatic carbocycles. The molecule has 0 saturated heterocycles. The number of primary amides is 1. The Balaban J connectivity index is 3.07. The first kappa shape index (κ1) is 23.2. The number of carbonyl (C=O) groups is 1. The number of hydrogen-bond donors (Lipinski definition) is 1. The zero-order chi connectivity index (χ0) is 17.7. The highest BCUT2D eigenvalue weighted by molar-refractivity contribution is 5.73. The molecule has 0 unspecified atom stereocenters. The molecule has 142 valence electrons. The summed E-state index contributed by atoms with van der Waals surface area (Å²) >= 11 is 0. The van der Waals surface area contributed by atoms with Gasteiger partial charge in [-0.15, -0.1) is 0 Å². The number of unbranched alkanes of at least 4 members (excludes halogenated alkanes) is 15. The van der Waals surface area contributed by atoms with E-state index in [1.54, 1.807) is 0 Å². The molecule has 0 fully saturated rings. The summed E-state index contributed by atoms with van der Waals surface area (Å²) in [6.45, 7) is 2.28. The van der Waals surface area contributed by atoms with Gasteiger partial charge in [0.25, 0.3) is 0 Å². The zero-order valence-electron chi connectivity index (χ0n) is 16.4. The van der Waals surface area contributed by atoms with Crippen LogP contribution in [-0.2, 0) is 4.79 Å². The summed E-state index contributed by atoms with van der Waals surface area (Å²) in [7, 11) is 0. The first-order chi connectivity index (χ1) is 11.8. The van der Waals surface area contributed by atoms with E-state index >= 15 is 0 Å². The number of amides is 1. The van der Waals surface area contributed by atoms with Gasteiger partial charge in [0.05, 0.1) is 0 Å². The van der Waals surface area contributed by atoms with Crippen LogP contribution in [0.3, 0.4) is 0 Å². The molecule has 0 bridgehead atoms. The number of hydrogen-bond acceptors (Lipinski definition) is 1. The van der Waals surface area contributed by atoms with Gasteiger partial charge in [-0.25, -0.2) is 0 Å². The number of carbonyl (C=O) groups excluding carboxylic acids is 1. The Morgan fingerprint density at radius 2 is 1.00 bits per heavy atom. The highest BCUT2D eigenvalue weighted by Gasteiger charge is 1.95. The maximum Gasteiger partial charge on any atom is 0.217 e. The van der Waals surface area contributed by atoms with E-state index in [9.17, 15) is 4.79 Å². The van der Waals surface area contributed by atoms with Crippen molar-refractivity contribution in [2.75, 3.05) is 0 Å². The first-order valence-electron chi connectivity index (χ1n) is 10.7. The molecule has 0 aliphatic heterocycles. The van der Waals surface area contributed by atoms with Gasteiger partial charge < -0.3 is 5.73 Å². The maximum absolute atomic E-state index is 10.6. The molecular formula is C22H43NO. The lowest BCUT2D eigenvalue weighted by atomic mass is 10.1. The van der Waals surface area contributed by atoms with Gasteiger partial charge in [-0.05, 0) is 32.1 Å². The van der Waals surface area contributed by atoms with Gasteiger partial charge in [-0.1, -0.05) is 96.1 Å². The van der Waals surface area contributed by atoms with Gasteiger partial charge in [-0.2, -0.15) is 0 Å². The zero-order valence-corrected chi connectivity index (χ0v) is 16.4. The molecule has 2 N–H and O–H groups in total. The number of nitrogens with two attached hydrogens (primary N) is 1. The molecular weight excluding hydrogens is 294 g/mol. The van der Waals surface area contributed by atoms with Crippen LogP contribution in [0.4, 0.5) is 0 Å². The summed E-state index contributed by atoms with van der Waals surface area (Å²) in [5.41, 5.74) is 5.12. The number of rotatable bonds is 19. The highest BCUT2D eigenvalue weighted by Crippen LogP contribution is 2.11. The van der Waals surface area contributed by atoms with E-state index in [2.05, 4.69) is 19.1 Å². The fourth-order valence-corrected chi connectivity index (χ4v) is 3.08. The molecule has 0 atom stereocenters. The van der Waals surface area contributed by atoms with Gasteiger partial charge in [0, 0.05) is 6.42 Å². The van der Waals surface area contributed by atoms with E-state index < -0.39 is 0 Å². The van der Waals surface area contributed by atoms with Crippen molar-refractivity contribution >= 4 is 5.91 Å². The third kappa shape index (κ3) is 21.2. The molecule has 0 spiro atoms. The predicted molar refractivity (Wildman–Crippen MR) is 107 cm³/mol. The minimum Gasteiger partial charge on any atom is -0.370 e. The van der Waals surface area contributed by atoms with Crippen LogP contribution < -0.4 is 5.73 Å². The lowest BCUT2D eigenvalue weighted by molar-refractivity contribution is -0.118. The molecule has 0 aliphatic rings. The van der Waals surface area contributed by atoms with Crippen molar-refractivity contribution in [1.29, 1.82) is 0 Å². The van der Waals surface area contributed by atoms with Crippen molar-refractivity contribution in [3.05, 3.63) is 12.2 Å². The van der Waals surface area contributed by atoms with Crippen LogP contribution in [0, 0.1) is 0 Å². The van der Waals surface area contributed by atoms with Crippen LogP contribution in [0.1, 0.15) is 122 Å². The second-order valence-corrected chi connectivity index (χ2v) is 7.21. The smallest absolute Gasteiger partial charge is 0.217 e. The highest BCUT2D eigenvalue weighted by atomic mass is 16.1. The Morgan fingerprint density at radius 3 is 1.42 bits per heavy atom. The molecule has 1 amide bonds. The molecule has 0 radical (unpaired) electrons. The van der Waals surface area contributed by atoms with Crippen LogP contribution >= 0.6 is 0 Å². The third-order valence-electron chi connectivity index (χ3n) is 4.68. The van der Waals surface area contributed by atoms with Crippen LogP contribution in [0.15, 0.2) is 12.2 Å². The summed E-state index contributed by atoms with van der Waals surface area (Å²) in [6, 6.07) is 0. The molecule has 0 rings (SSSR count). The molecule has 0 heterocycles. The first-order valence-corrected chi connectivity index (χ1v) is 10.7. The normalized spacial score (nSPS) is 11.4. The quantitative estimate of drug-likeness (QED) is 0.199. The Labute approximate surface area is 151 Å². The Kier molecular flexibility index (Phi) is 19.6. The van der Waals surface area contributed by atoms with Gasteiger partial charge in [0.15, 0.2) is 0 Å². The van der Waals surface area contributed by atoms with Crippen LogP contribution in [0.5, 0.6) is 0 Å². The largest absolute Gasteiger partial charge is 0.370 e. The van der Waals surface area contributed by atoms with Crippen LogP contribution in [0.25, 0.3) is 0 Å². The van der Waals surface area contributed by atoms with Crippen LogP contribution in [-0.4, -0.2) is 5.91 Å². The Bertz CT molecular complexity index is 286. The van der Waals surface area contributed by atoms with Gasteiger partial charge in [0.2, 0.25) is 5.91 Å². The minimum atomic E-state index is -0.159. The predicted octanol–water partition coefficient (Wildman–Crippen LogP) is 7.07. The van der Waals surface area contributed by atoms with Crippen molar-refractivity contribution in [2.24, 2.45) is 5.73 Å².